The van der Waals surface area contributed by atoms with Gasteiger partial charge in [-0.25, -0.2) is 4.39 Å². The molecule has 1 fully saturated rings. The minimum Gasteiger partial charge on any atom is -0.494 e. The van der Waals surface area contributed by atoms with Crippen molar-refractivity contribution in [2.45, 2.75) is 0 Å². The third-order valence-electron chi connectivity index (χ3n) is 2.49. The van der Waals surface area contributed by atoms with E-state index in [-0.39, 0.29) is 18.6 Å². The van der Waals surface area contributed by atoms with Gasteiger partial charge in [-0.05, 0) is 25.2 Å². The molecule has 0 saturated carbocycles. The summed E-state index contributed by atoms with van der Waals surface area (Å²) in [6.45, 7) is -0.109. The van der Waals surface area contributed by atoms with Gasteiger partial charge in [-0.15, -0.1) is 0 Å². The molecule has 0 aliphatic carbocycles. The van der Waals surface area contributed by atoms with E-state index in [4.69, 9.17) is 9.31 Å². The molecule has 0 atom stereocenters. The number of hydrogen-bond donors (Lipinski definition) is 0. The molecule has 1 saturated heterocycles. The second kappa shape index (κ2) is 5.71. The smallest absolute Gasteiger partial charge is 0.494 e. The lowest BCUT2D eigenvalue weighted by molar-refractivity contribution is -0.145. The highest BCUT2D eigenvalue weighted by molar-refractivity contribution is 9.10. The average molecular weight is 330 g/mol. The van der Waals surface area contributed by atoms with Crippen LogP contribution in [0, 0.1) is 5.82 Å². The number of nitrogens with zero attached hydrogens (tertiary/aromatic N) is 1. The molecule has 0 amide bonds. The molecule has 0 N–H and O–H groups in total. The molecule has 0 aromatic heterocycles. The Morgan fingerprint density at radius 3 is 2.42 bits per heavy atom. The van der Waals surface area contributed by atoms with Gasteiger partial charge in [-0.2, -0.15) is 0 Å². The fourth-order valence-corrected chi connectivity index (χ4v) is 2.04. The predicted molar refractivity (Wildman–Crippen MR) is 69.2 cm³/mol. The van der Waals surface area contributed by atoms with Crippen LogP contribution >= 0.6 is 15.9 Å². The summed E-state index contributed by atoms with van der Waals surface area (Å²) in [5.41, 5.74) is 0.000582. The molecule has 1 aliphatic heterocycles. The summed E-state index contributed by atoms with van der Waals surface area (Å²) in [7, 11) is 0.230. The Labute approximate surface area is 117 Å². The standard InChI is InChI=1S/C11H10BBrFNO4/c1-15-5-10(16)18-12(19-11(17)6-15)8-4-7(13)2-3-9(8)14/h2-4H,5-6H2,1H3. The molecule has 19 heavy (non-hydrogen) atoms. The Balaban J connectivity index is 2.28. The zero-order valence-electron chi connectivity index (χ0n) is 10.1. The fourth-order valence-electron chi connectivity index (χ4n) is 1.66. The Morgan fingerprint density at radius 2 is 1.84 bits per heavy atom. The van der Waals surface area contributed by atoms with Crippen LogP contribution in [0.5, 0.6) is 0 Å². The first-order valence-corrected chi connectivity index (χ1v) is 6.27. The van der Waals surface area contributed by atoms with E-state index in [0.717, 1.165) is 0 Å². The molecule has 2 rings (SSSR count). The first kappa shape index (κ1) is 14.0. The van der Waals surface area contributed by atoms with Crippen LogP contribution < -0.4 is 5.46 Å². The van der Waals surface area contributed by atoms with Crippen molar-refractivity contribution >= 4 is 40.4 Å². The maximum Gasteiger partial charge on any atom is 0.639 e. The highest BCUT2D eigenvalue weighted by Crippen LogP contribution is 2.11. The molecule has 1 heterocycles. The van der Waals surface area contributed by atoms with Gasteiger partial charge in [0.1, 0.15) is 5.82 Å². The van der Waals surface area contributed by atoms with Crippen LogP contribution in [0.4, 0.5) is 4.39 Å². The van der Waals surface area contributed by atoms with E-state index in [1.54, 1.807) is 7.05 Å². The van der Waals surface area contributed by atoms with Crippen molar-refractivity contribution in [3.05, 3.63) is 28.5 Å². The van der Waals surface area contributed by atoms with Crippen molar-refractivity contribution in [3.8, 4) is 0 Å². The Kier molecular flexibility index (Phi) is 4.21. The molecule has 0 unspecified atom stereocenters. The maximum absolute atomic E-state index is 13.7. The van der Waals surface area contributed by atoms with Crippen molar-refractivity contribution < 1.29 is 23.3 Å². The number of halogens is 2. The molecule has 1 aromatic carbocycles. The molecule has 1 aromatic rings. The quantitative estimate of drug-likeness (QED) is 0.694. The summed E-state index contributed by atoms with van der Waals surface area (Å²) >= 11 is 3.18. The van der Waals surface area contributed by atoms with Gasteiger partial charge in [0.15, 0.2) is 0 Å². The number of hydrogen-bond acceptors (Lipinski definition) is 5. The molecule has 0 bridgehead atoms. The van der Waals surface area contributed by atoms with Gasteiger partial charge in [0.2, 0.25) is 0 Å². The van der Waals surface area contributed by atoms with E-state index in [1.807, 2.05) is 0 Å². The third kappa shape index (κ3) is 3.54. The van der Waals surface area contributed by atoms with Crippen LogP contribution in [-0.4, -0.2) is 44.1 Å². The largest absolute Gasteiger partial charge is 0.639 e. The van der Waals surface area contributed by atoms with Crippen molar-refractivity contribution in [2.75, 3.05) is 20.1 Å². The Hall–Kier alpha value is -1.41. The second-order valence-electron chi connectivity index (χ2n) is 4.15. The molecular formula is C11H10BBrFNO4. The summed E-state index contributed by atoms with van der Waals surface area (Å²) in [5, 5.41) is 0. The number of likely N-dealkylation sites (N-methyl/N-ethyl adjacent to an activating group) is 1. The van der Waals surface area contributed by atoms with Crippen LogP contribution in [0.25, 0.3) is 0 Å². The van der Waals surface area contributed by atoms with Crippen LogP contribution in [0.3, 0.4) is 0 Å². The minimum absolute atomic E-state index is 0.000582. The van der Waals surface area contributed by atoms with E-state index in [0.29, 0.717) is 4.47 Å². The van der Waals surface area contributed by atoms with Crippen molar-refractivity contribution in [1.29, 1.82) is 0 Å². The van der Waals surface area contributed by atoms with E-state index < -0.39 is 24.9 Å². The SMILES string of the molecule is CN1CC(=O)OB(c2cc(Br)ccc2F)OC(=O)C1. The molecule has 100 valence electrons. The van der Waals surface area contributed by atoms with E-state index in [2.05, 4.69) is 15.9 Å². The first-order valence-electron chi connectivity index (χ1n) is 5.48. The van der Waals surface area contributed by atoms with Gasteiger partial charge in [0.05, 0.1) is 13.1 Å². The zero-order chi connectivity index (χ0) is 14.0. The van der Waals surface area contributed by atoms with Crippen LogP contribution in [0.15, 0.2) is 22.7 Å². The van der Waals surface area contributed by atoms with Gasteiger partial charge >= 0.3 is 19.1 Å². The van der Waals surface area contributed by atoms with E-state index >= 15 is 0 Å². The van der Waals surface area contributed by atoms with Gasteiger partial charge in [-0.1, -0.05) is 15.9 Å². The molecule has 0 radical (unpaired) electrons. The molecule has 0 spiro atoms. The topological polar surface area (TPSA) is 55.8 Å². The summed E-state index contributed by atoms with van der Waals surface area (Å²) in [6.07, 6.45) is 0. The van der Waals surface area contributed by atoms with Gasteiger partial charge in [-0.3, -0.25) is 14.5 Å². The molecule has 8 heteroatoms. The van der Waals surface area contributed by atoms with Crippen molar-refractivity contribution in [2.24, 2.45) is 0 Å². The Morgan fingerprint density at radius 1 is 1.26 bits per heavy atom. The maximum atomic E-state index is 13.7. The third-order valence-corrected chi connectivity index (χ3v) is 2.98. The highest BCUT2D eigenvalue weighted by atomic mass is 79.9. The summed E-state index contributed by atoms with van der Waals surface area (Å²) < 4.78 is 24.2. The monoisotopic (exact) mass is 329 g/mol. The summed E-state index contributed by atoms with van der Waals surface area (Å²) in [6, 6.07) is 4.11. The second-order valence-corrected chi connectivity index (χ2v) is 5.07. The fraction of sp³-hybridized carbons (Fsp3) is 0.273. The van der Waals surface area contributed by atoms with Crippen LogP contribution in [0.1, 0.15) is 0 Å². The van der Waals surface area contributed by atoms with Gasteiger partial charge in [0.25, 0.3) is 0 Å². The van der Waals surface area contributed by atoms with Crippen LogP contribution in [0.2, 0.25) is 0 Å². The van der Waals surface area contributed by atoms with Crippen molar-refractivity contribution in [3.63, 3.8) is 0 Å². The number of carbonyl (C=O) groups is 2. The molecular weight excluding hydrogens is 320 g/mol. The number of carbonyl (C=O) groups excluding carboxylic acids is 2. The first-order chi connectivity index (χ1) is 8.95. The lowest BCUT2D eigenvalue weighted by Crippen LogP contribution is -2.48. The lowest BCUT2D eigenvalue weighted by Gasteiger charge is -2.22. The number of rotatable bonds is 1. The summed E-state index contributed by atoms with van der Waals surface area (Å²) in [4.78, 5) is 24.5. The molecule has 5 nitrogen and oxygen atoms in total. The van der Waals surface area contributed by atoms with Crippen LogP contribution in [-0.2, 0) is 18.9 Å². The van der Waals surface area contributed by atoms with Crippen molar-refractivity contribution in [1.82, 2.24) is 4.90 Å². The van der Waals surface area contributed by atoms with Gasteiger partial charge in [0, 0.05) is 9.94 Å². The molecule has 1 aliphatic rings. The zero-order valence-corrected chi connectivity index (χ0v) is 11.6. The highest BCUT2D eigenvalue weighted by Gasteiger charge is 2.36. The average Bonchev–Trinajstić information content (AvgIpc) is 2.29. The summed E-state index contributed by atoms with van der Waals surface area (Å²) in [5.74, 6) is -1.78. The number of benzene rings is 1. The van der Waals surface area contributed by atoms with E-state index in [1.165, 1.54) is 23.1 Å². The minimum atomic E-state index is -1.36. The van der Waals surface area contributed by atoms with E-state index in [9.17, 15) is 14.0 Å². The normalized spacial score (nSPS) is 17.5. The van der Waals surface area contributed by atoms with Gasteiger partial charge < -0.3 is 9.31 Å². The Bertz CT molecular complexity index is 507. The lowest BCUT2D eigenvalue weighted by atomic mass is 9.78. The predicted octanol–water partition coefficient (Wildman–Crippen LogP) is 0.315.